The zero-order valence-corrected chi connectivity index (χ0v) is 16.1. The Bertz CT molecular complexity index is 1120. The summed E-state index contributed by atoms with van der Waals surface area (Å²) < 4.78 is 68.4. The van der Waals surface area contributed by atoms with Gasteiger partial charge in [0.1, 0.15) is 0 Å². The molecule has 0 saturated heterocycles. The van der Waals surface area contributed by atoms with Crippen LogP contribution >= 0.6 is 12.2 Å². The largest absolute Gasteiger partial charge is 0.332 e. The molecule has 2 aromatic carbocycles. The van der Waals surface area contributed by atoms with Gasteiger partial charge in [-0.05, 0) is 31.3 Å². The van der Waals surface area contributed by atoms with Crippen LogP contribution in [0.4, 0.5) is 33.5 Å². The fraction of sp³-hybridized carbons (Fsp3) is 0.105. The van der Waals surface area contributed by atoms with Crippen molar-refractivity contribution in [3.8, 4) is 0 Å². The summed E-state index contributed by atoms with van der Waals surface area (Å²) in [5.41, 5.74) is 0.0127. The van der Waals surface area contributed by atoms with Gasteiger partial charge in [-0.1, -0.05) is 12.1 Å². The number of thiocarbonyl (C=S) groups is 1. The van der Waals surface area contributed by atoms with Crippen LogP contribution in [0, 0.1) is 29.1 Å². The first-order valence-electron chi connectivity index (χ1n) is 8.40. The zero-order chi connectivity index (χ0) is 22.0. The van der Waals surface area contributed by atoms with Gasteiger partial charge in [-0.25, -0.2) is 22.0 Å². The molecule has 2 N–H and O–H groups in total. The van der Waals surface area contributed by atoms with E-state index in [1.54, 1.807) is 24.3 Å². The maximum Gasteiger partial charge on any atom is 0.200 e. The topological polar surface area (TPSA) is 59.0 Å². The lowest BCUT2D eigenvalue weighted by Gasteiger charge is -2.10. The van der Waals surface area contributed by atoms with E-state index in [4.69, 9.17) is 12.2 Å². The monoisotopic (exact) mass is 440 g/mol. The lowest BCUT2D eigenvalue weighted by molar-refractivity contribution is 0.101. The molecule has 30 heavy (non-hydrogen) atoms. The minimum atomic E-state index is -2.22. The predicted molar refractivity (Wildman–Crippen MR) is 104 cm³/mol. The molecule has 0 aliphatic carbocycles. The van der Waals surface area contributed by atoms with Crippen molar-refractivity contribution in [1.82, 2.24) is 9.78 Å². The standard InChI is InChI=1S/C19H13F5N4OS/c1-9(29)10-3-2-4-11(7-10)25-19(30)26-13-5-6-28(27-13)8-12-14(20)16(22)18(24)17(23)15(12)21/h2-7H,8H2,1H3,(H2,25,26,27,30). The van der Waals surface area contributed by atoms with E-state index in [0.717, 1.165) is 4.68 Å². The first-order valence-corrected chi connectivity index (χ1v) is 8.81. The summed E-state index contributed by atoms with van der Waals surface area (Å²) in [5.74, 6) is -10.1. The predicted octanol–water partition coefficient (Wildman–Crippen LogP) is 4.64. The van der Waals surface area contributed by atoms with E-state index in [1.807, 2.05) is 0 Å². The van der Waals surface area contributed by atoms with Crippen molar-refractivity contribution in [3.63, 3.8) is 0 Å². The summed E-state index contributed by atoms with van der Waals surface area (Å²) in [6.07, 6.45) is 1.28. The molecular weight excluding hydrogens is 427 g/mol. The van der Waals surface area contributed by atoms with Crippen molar-refractivity contribution in [3.05, 3.63) is 76.7 Å². The summed E-state index contributed by atoms with van der Waals surface area (Å²) in [6, 6.07) is 7.98. The third-order valence-electron chi connectivity index (χ3n) is 4.03. The van der Waals surface area contributed by atoms with Crippen LogP contribution in [0.5, 0.6) is 0 Å². The molecule has 5 nitrogen and oxygen atoms in total. The number of Topliss-reactive ketones (excluding diaryl/α,β-unsaturated/α-hetero) is 1. The molecule has 0 radical (unpaired) electrons. The van der Waals surface area contributed by atoms with Crippen molar-refractivity contribution in [2.45, 2.75) is 13.5 Å². The summed E-state index contributed by atoms with van der Waals surface area (Å²) in [4.78, 5) is 11.4. The van der Waals surface area contributed by atoms with Gasteiger partial charge in [0.25, 0.3) is 0 Å². The third kappa shape index (κ3) is 4.46. The highest BCUT2D eigenvalue weighted by atomic mass is 32.1. The van der Waals surface area contributed by atoms with Crippen molar-refractivity contribution < 1.29 is 26.7 Å². The van der Waals surface area contributed by atoms with Gasteiger partial charge in [-0.3, -0.25) is 9.48 Å². The summed E-state index contributed by atoms with van der Waals surface area (Å²) in [6.45, 7) is 0.737. The number of ketones is 1. The number of nitrogens with zero attached hydrogens (tertiary/aromatic N) is 2. The van der Waals surface area contributed by atoms with Crippen LogP contribution in [0.25, 0.3) is 0 Å². The zero-order valence-electron chi connectivity index (χ0n) is 15.3. The third-order valence-corrected chi connectivity index (χ3v) is 4.23. The van der Waals surface area contributed by atoms with E-state index in [1.165, 1.54) is 19.2 Å². The Morgan fingerprint density at radius 1 is 1.00 bits per heavy atom. The molecule has 3 rings (SSSR count). The molecule has 0 bridgehead atoms. The Balaban J connectivity index is 1.71. The molecule has 11 heteroatoms. The fourth-order valence-electron chi connectivity index (χ4n) is 2.56. The van der Waals surface area contributed by atoms with E-state index in [-0.39, 0.29) is 16.7 Å². The quantitative estimate of drug-likeness (QED) is 0.199. The van der Waals surface area contributed by atoms with Crippen LogP contribution in [-0.2, 0) is 6.54 Å². The average molecular weight is 440 g/mol. The maximum absolute atomic E-state index is 13.8. The van der Waals surface area contributed by atoms with Crippen LogP contribution < -0.4 is 10.6 Å². The highest BCUT2D eigenvalue weighted by Crippen LogP contribution is 2.24. The Labute approximate surface area is 172 Å². The number of rotatable bonds is 5. The maximum atomic E-state index is 13.8. The van der Waals surface area contributed by atoms with Gasteiger partial charge in [0.05, 0.1) is 12.1 Å². The normalized spacial score (nSPS) is 10.7. The molecule has 0 saturated carbocycles. The fourth-order valence-corrected chi connectivity index (χ4v) is 2.78. The van der Waals surface area contributed by atoms with Crippen LogP contribution in [0.15, 0.2) is 36.5 Å². The van der Waals surface area contributed by atoms with Crippen LogP contribution in [0.2, 0.25) is 0 Å². The number of hydrogen-bond donors (Lipinski definition) is 2. The van der Waals surface area contributed by atoms with Gasteiger partial charge in [0.2, 0.25) is 5.82 Å². The molecular formula is C19H13F5N4OS. The molecule has 0 fully saturated rings. The van der Waals surface area contributed by atoms with Gasteiger partial charge in [-0.15, -0.1) is 0 Å². The Morgan fingerprint density at radius 2 is 1.63 bits per heavy atom. The molecule has 0 amide bonds. The van der Waals surface area contributed by atoms with Gasteiger partial charge < -0.3 is 10.6 Å². The Hall–Kier alpha value is -3.34. The van der Waals surface area contributed by atoms with Gasteiger partial charge >= 0.3 is 0 Å². The molecule has 156 valence electrons. The summed E-state index contributed by atoms with van der Waals surface area (Å²) >= 11 is 5.14. The van der Waals surface area contributed by atoms with E-state index in [2.05, 4.69) is 15.7 Å². The average Bonchev–Trinajstić information content (AvgIpc) is 3.15. The van der Waals surface area contributed by atoms with Crippen LogP contribution in [0.3, 0.4) is 0 Å². The molecule has 1 heterocycles. The van der Waals surface area contributed by atoms with E-state index < -0.39 is 41.2 Å². The number of carbonyl (C=O) groups excluding carboxylic acids is 1. The van der Waals surface area contributed by atoms with Gasteiger partial charge in [-0.2, -0.15) is 5.10 Å². The van der Waals surface area contributed by atoms with Crippen LogP contribution in [0.1, 0.15) is 22.8 Å². The number of benzene rings is 2. The second-order valence-corrected chi connectivity index (χ2v) is 6.57. The first-order chi connectivity index (χ1) is 14.2. The van der Waals surface area contributed by atoms with Crippen molar-refractivity contribution >= 4 is 34.6 Å². The van der Waals surface area contributed by atoms with Crippen molar-refractivity contribution in [2.24, 2.45) is 0 Å². The molecule has 0 atom stereocenters. The Kier molecular flexibility index (Phi) is 6.11. The minimum absolute atomic E-state index is 0.109. The van der Waals surface area contributed by atoms with Gasteiger partial charge in [0, 0.05) is 23.5 Å². The molecule has 0 unspecified atom stereocenters. The second kappa shape index (κ2) is 8.57. The highest BCUT2D eigenvalue weighted by Gasteiger charge is 2.25. The van der Waals surface area contributed by atoms with Crippen molar-refractivity contribution in [2.75, 3.05) is 10.6 Å². The summed E-state index contributed by atoms with van der Waals surface area (Å²) in [5, 5.41) is 9.61. The number of carbonyl (C=O) groups is 1. The van der Waals surface area contributed by atoms with Gasteiger partial charge in [0.15, 0.2) is 40.0 Å². The molecule has 0 aliphatic heterocycles. The number of nitrogens with one attached hydrogen (secondary N) is 2. The molecule has 0 spiro atoms. The van der Waals surface area contributed by atoms with Crippen molar-refractivity contribution in [1.29, 1.82) is 0 Å². The molecule has 0 aliphatic rings. The SMILES string of the molecule is CC(=O)c1cccc(NC(=S)Nc2ccn(Cc3c(F)c(F)c(F)c(F)c3F)n2)c1. The van der Waals surface area contributed by atoms with E-state index >= 15 is 0 Å². The lowest BCUT2D eigenvalue weighted by Crippen LogP contribution is -2.20. The summed E-state index contributed by atoms with van der Waals surface area (Å²) in [7, 11) is 0. The number of anilines is 2. The first kappa shape index (κ1) is 21.4. The van der Waals surface area contributed by atoms with E-state index in [9.17, 15) is 26.7 Å². The van der Waals surface area contributed by atoms with Crippen LogP contribution in [-0.4, -0.2) is 20.7 Å². The second-order valence-electron chi connectivity index (χ2n) is 6.16. The molecule has 3 aromatic rings. The lowest BCUT2D eigenvalue weighted by atomic mass is 10.1. The number of hydrogen-bond acceptors (Lipinski definition) is 3. The molecule has 1 aromatic heterocycles. The minimum Gasteiger partial charge on any atom is -0.332 e. The number of aromatic nitrogens is 2. The Morgan fingerprint density at radius 3 is 2.27 bits per heavy atom. The smallest absolute Gasteiger partial charge is 0.200 e. The van der Waals surface area contributed by atoms with E-state index in [0.29, 0.717) is 11.3 Å². The highest BCUT2D eigenvalue weighted by molar-refractivity contribution is 7.80. The number of halogens is 5.